The van der Waals surface area contributed by atoms with E-state index in [1.165, 1.54) is 22.3 Å². The van der Waals surface area contributed by atoms with Gasteiger partial charge < -0.3 is 10.2 Å². The second kappa shape index (κ2) is 14.9. The fourth-order valence-corrected chi connectivity index (χ4v) is 3.61. The van der Waals surface area contributed by atoms with Gasteiger partial charge in [-0.2, -0.15) is 0 Å². The first kappa shape index (κ1) is 35.6. The first-order chi connectivity index (χ1) is 15.1. The Morgan fingerprint density at radius 2 is 1.09 bits per heavy atom. The molecular formula is C29H42Cl2O3Ti. The van der Waals surface area contributed by atoms with E-state index < -0.39 is 0 Å². The Kier molecular flexibility index (Phi) is 15.2. The van der Waals surface area contributed by atoms with Gasteiger partial charge in [0.25, 0.3) is 0 Å². The zero-order chi connectivity index (χ0) is 25.6. The van der Waals surface area contributed by atoms with Gasteiger partial charge in [-0.25, -0.2) is 0 Å². The summed E-state index contributed by atoms with van der Waals surface area (Å²) in [5.74, 6) is 1.79. The van der Waals surface area contributed by atoms with Crippen LogP contribution in [0.25, 0.3) is 0 Å². The molecule has 0 saturated carbocycles. The average Bonchev–Trinajstić information content (AvgIpc) is 3.03. The first-order valence-electron chi connectivity index (χ1n) is 11.2. The van der Waals surface area contributed by atoms with Crippen molar-refractivity contribution in [3.63, 3.8) is 0 Å². The van der Waals surface area contributed by atoms with Crippen molar-refractivity contribution in [1.29, 1.82) is 0 Å². The van der Waals surface area contributed by atoms with E-state index in [-0.39, 0.29) is 35.6 Å². The third kappa shape index (κ3) is 11.4. The number of aryl methyl sites for hydroxylation is 3. The van der Waals surface area contributed by atoms with Crippen molar-refractivity contribution in [2.24, 2.45) is 0 Å². The van der Waals surface area contributed by atoms with Crippen LogP contribution in [0.5, 0.6) is 11.5 Å². The van der Waals surface area contributed by atoms with Crippen LogP contribution >= 0.6 is 24.8 Å². The first-order valence-corrected chi connectivity index (χ1v) is 12.1. The largest absolute Gasteiger partial charge is 0.147 e. The summed E-state index contributed by atoms with van der Waals surface area (Å²) in [6.07, 6.45) is 1.78. The van der Waals surface area contributed by atoms with Gasteiger partial charge in [-0.15, -0.1) is 24.8 Å². The van der Waals surface area contributed by atoms with E-state index in [9.17, 15) is 10.2 Å². The quantitative estimate of drug-likeness (QED) is 0.295. The fourth-order valence-electron chi connectivity index (χ4n) is 3.17. The molecule has 35 heavy (non-hydrogen) atoms. The van der Waals surface area contributed by atoms with Crippen LogP contribution in [0.15, 0.2) is 47.1 Å². The van der Waals surface area contributed by atoms with E-state index in [2.05, 4.69) is 48.5 Å². The number of aromatic hydroxyl groups is 2. The van der Waals surface area contributed by atoms with Gasteiger partial charge in [-0.3, -0.25) is 0 Å². The van der Waals surface area contributed by atoms with Gasteiger partial charge in [0.2, 0.25) is 0 Å². The molecule has 194 valence electrons. The molecule has 0 aliphatic heterocycles. The van der Waals surface area contributed by atoms with Crippen molar-refractivity contribution in [1.82, 2.24) is 0 Å². The molecule has 1 aromatic heterocycles. The maximum Gasteiger partial charge on any atom is -0.147 e. The van der Waals surface area contributed by atoms with Gasteiger partial charge in [0.15, 0.2) is 0 Å². The van der Waals surface area contributed by atoms with Crippen LogP contribution in [0.2, 0.25) is 0 Å². The van der Waals surface area contributed by atoms with Crippen molar-refractivity contribution in [3.05, 3.63) is 81.8 Å². The Morgan fingerprint density at radius 3 is 1.29 bits per heavy atom. The number of furan rings is 1. The number of phenolic OH excluding ortho intramolecular Hbond substituents is 2. The Morgan fingerprint density at radius 1 is 0.714 bits per heavy atom. The smallest absolute Gasteiger partial charge is 0.147 e. The Hall–Kier alpha value is -1.52. The summed E-state index contributed by atoms with van der Waals surface area (Å²) in [5.41, 5.74) is 6.94. The Labute approximate surface area is 236 Å². The van der Waals surface area contributed by atoms with Gasteiger partial charge in [0, 0.05) is 0 Å². The molecule has 3 nitrogen and oxygen atoms in total. The van der Waals surface area contributed by atoms with Gasteiger partial charge in [0.1, 0.15) is 11.5 Å². The maximum atomic E-state index is 9.57. The number of halogens is 2. The summed E-state index contributed by atoms with van der Waals surface area (Å²) >= 11 is 1.98. The van der Waals surface area contributed by atoms with Crippen LogP contribution in [0, 0.1) is 27.7 Å². The average molecular weight is 557 g/mol. The van der Waals surface area contributed by atoms with Gasteiger partial charge in [0.05, 0.1) is 0 Å². The number of hydrogen-bond acceptors (Lipinski definition) is 3. The minimum Gasteiger partial charge on any atom is -0.147 e. The fraction of sp³-hybridized carbons (Fsp3) is 0.414. The van der Waals surface area contributed by atoms with Crippen LogP contribution in [0.1, 0.15) is 80.7 Å². The zero-order valence-electron chi connectivity index (χ0n) is 22.7. The molecule has 0 bridgehead atoms. The van der Waals surface area contributed by atoms with E-state index in [0.717, 1.165) is 16.9 Å². The predicted molar refractivity (Wildman–Crippen MR) is 151 cm³/mol. The van der Waals surface area contributed by atoms with E-state index in [4.69, 9.17) is 4.42 Å². The summed E-state index contributed by atoms with van der Waals surface area (Å²) in [4.78, 5) is 0. The molecule has 2 N–H and O–H groups in total. The van der Waals surface area contributed by atoms with Crippen molar-refractivity contribution in [3.8, 4) is 11.5 Å². The molecule has 0 radical (unpaired) electrons. The number of hydrogen-bond donors (Lipinski definition) is 2. The number of benzene rings is 2. The van der Waals surface area contributed by atoms with Crippen LogP contribution in [0.4, 0.5) is 0 Å². The van der Waals surface area contributed by atoms with Crippen LogP contribution in [-0.4, -0.2) is 14.5 Å². The standard InChI is InChI=1S/2C11H16O.C7H8O.2ClH.Ti/c2*1-8-5-6-10(12)9(7-8)11(2,3)4;1-5-4-8-7(3)6(5)2;;;/h2*5-7,12H,1-4H3;3-4H,1-2H3;2*1H;. The molecule has 0 aliphatic carbocycles. The molecule has 0 amide bonds. The van der Waals surface area contributed by atoms with Crippen molar-refractivity contribution < 1.29 is 34.6 Å². The monoisotopic (exact) mass is 556 g/mol. The van der Waals surface area contributed by atoms with Crippen molar-refractivity contribution >= 4 is 29.1 Å². The third-order valence-electron chi connectivity index (χ3n) is 5.38. The van der Waals surface area contributed by atoms with E-state index in [1.54, 1.807) is 18.4 Å². The minimum absolute atomic E-state index is 0. The molecule has 0 atom stereocenters. The third-order valence-corrected chi connectivity index (χ3v) is 5.78. The van der Waals surface area contributed by atoms with Crippen LogP contribution in [0.3, 0.4) is 0 Å². The maximum absolute atomic E-state index is 9.57. The molecule has 2 aromatic carbocycles. The molecule has 3 rings (SSSR count). The van der Waals surface area contributed by atoms with Gasteiger partial charge >= 0.3 is 65.7 Å². The molecule has 0 saturated heterocycles. The van der Waals surface area contributed by atoms with E-state index in [0.29, 0.717) is 11.5 Å². The number of phenols is 2. The van der Waals surface area contributed by atoms with E-state index in [1.807, 2.05) is 69.3 Å². The number of rotatable bonds is 1. The molecule has 0 fully saturated rings. The summed E-state index contributed by atoms with van der Waals surface area (Å²) in [6.45, 7) is 20.8. The normalized spacial score (nSPS) is 10.4. The summed E-state index contributed by atoms with van der Waals surface area (Å²) in [5, 5.41) is 19.1. The van der Waals surface area contributed by atoms with Gasteiger partial charge in [-0.05, 0) is 47.9 Å². The molecule has 6 heteroatoms. The summed E-state index contributed by atoms with van der Waals surface area (Å²) < 4.78 is 7.16. The topological polar surface area (TPSA) is 53.6 Å². The SMILES string of the molecule is Cc1ccc(O)c(C(C)(C)C)c1.Cc1ccc(O)c(C(C)(C)C)c1.Cc1coc([CH]=[Ti])c1C.Cl.Cl. The second-order valence-corrected chi connectivity index (χ2v) is 11.0. The molecule has 0 unspecified atom stereocenters. The van der Waals surface area contributed by atoms with Crippen LogP contribution < -0.4 is 0 Å². The van der Waals surface area contributed by atoms with Gasteiger partial charge in [-0.1, -0.05) is 76.9 Å². The van der Waals surface area contributed by atoms with E-state index >= 15 is 0 Å². The molecule has 1 heterocycles. The second-order valence-electron chi connectivity index (χ2n) is 10.6. The predicted octanol–water partition coefficient (Wildman–Crippen LogP) is 8.43. The minimum atomic E-state index is 0. The Balaban J connectivity index is 0. The summed E-state index contributed by atoms with van der Waals surface area (Å²) in [6, 6.07) is 11.4. The van der Waals surface area contributed by atoms with Crippen molar-refractivity contribution in [2.45, 2.75) is 80.1 Å². The molecular weight excluding hydrogens is 515 g/mol. The van der Waals surface area contributed by atoms with Crippen LogP contribution in [-0.2, 0) is 30.8 Å². The zero-order valence-corrected chi connectivity index (χ0v) is 25.9. The molecule has 0 aliphatic rings. The molecule has 0 spiro atoms. The summed E-state index contributed by atoms with van der Waals surface area (Å²) in [7, 11) is 0. The Bertz CT molecular complexity index is 1010. The van der Waals surface area contributed by atoms with Crippen molar-refractivity contribution in [2.75, 3.05) is 0 Å². The molecule has 3 aromatic rings.